The number of hydrogen-bond acceptors (Lipinski definition) is 3. The number of carbonyl (C=O) groups excluding carboxylic acids is 1. The van der Waals surface area contributed by atoms with Crippen LogP contribution < -0.4 is 0 Å². The molecule has 1 rings (SSSR count). The smallest absolute Gasteiger partial charge is 0.333 e. The third kappa shape index (κ3) is 2.46. The Morgan fingerprint density at radius 2 is 1.94 bits per heavy atom. The lowest BCUT2D eigenvalue weighted by Crippen LogP contribution is -2.63. The first kappa shape index (κ1) is 15.2. The van der Waals surface area contributed by atoms with Crippen molar-refractivity contribution < 1.29 is 9.53 Å². The lowest BCUT2D eigenvalue weighted by Gasteiger charge is -2.56. The highest BCUT2D eigenvalue weighted by molar-refractivity contribution is 5.87. The van der Waals surface area contributed by atoms with Crippen LogP contribution in [-0.4, -0.2) is 35.6 Å². The van der Waals surface area contributed by atoms with Gasteiger partial charge in [0.15, 0.2) is 0 Å². The van der Waals surface area contributed by atoms with Gasteiger partial charge in [-0.2, -0.15) is 0 Å². The SMILES string of the molecule is C=C(C)C(=O)OC1CCN(CC)C(C)(C)C1(C)C. The number of carbonyl (C=O) groups is 1. The maximum atomic E-state index is 11.7. The number of nitrogens with zero attached hydrogens (tertiary/aromatic N) is 1. The van der Waals surface area contributed by atoms with Crippen molar-refractivity contribution in [1.29, 1.82) is 0 Å². The zero-order valence-electron chi connectivity index (χ0n) is 12.7. The molecule has 0 amide bonds. The maximum Gasteiger partial charge on any atom is 0.333 e. The minimum absolute atomic E-state index is 0.0139. The van der Waals surface area contributed by atoms with Crippen molar-refractivity contribution >= 4 is 5.97 Å². The average Bonchev–Trinajstić information content (AvgIpc) is 2.25. The molecule has 1 fully saturated rings. The summed E-state index contributed by atoms with van der Waals surface area (Å²) in [6.45, 7) is 18.4. The van der Waals surface area contributed by atoms with Gasteiger partial charge in [0.2, 0.25) is 0 Å². The van der Waals surface area contributed by atoms with Crippen LogP contribution in [0.2, 0.25) is 0 Å². The molecule has 104 valence electrons. The Hall–Kier alpha value is -0.830. The molecule has 3 nitrogen and oxygen atoms in total. The third-order valence-electron chi connectivity index (χ3n) is 4.81. The summed E-state index contributed by atoms with van der Waals surface area (Å²) in [5, 5.41) is 0. The van der Waals surface area contributed by atoms with Crippen molar-refractivity contribution in [2.45, 2.75) is 59.6 Å². The summed E-state index contributed by atoms with van der Waals surface area (Å²) in [6.07, 6.45) is 0.850. The average molecular weight is 253 g/mol. The van der Waals surface area contributed by atoms with Crippen molar-refractivity contribution in [3.05, 3.63) is 12.2 Å². The summed E-state index contributed by atoms with van der Waals surface area (Å²) < 4.78 is 5.63. The van der Waals surface area contributed by atoms with E-state index in [2.05, 4.69) is 46.1 Å². The monoisotopic (exact) mass is 253 g/mol. The van der Waals surface area contributed by atoms with E-state index < -0.39 is 0 Å². The highest BCUT2D eigenvalue weighted by Gasteiger charge is 2.51. The number of likely N-dealkylation sites (tertiary alicyclic amines) is 1. The first-order chi connectivity index (χ1) is 8.14. The lowest BCUT2D eigenvalue weighted by atomic mass is 9.66. The number of hydrogen-bond donors (Lipinski definition) is 0. The molecular formula is C15H27NO2. The molecule has 0 aliphatic carbocycles. The molecule has 1 unspecified atom stereocenters. The molecule has 0 aromatic rings. The molecule has 0 N–H and O–H groups in total. The van der Waals surface area contributed by atoms with Gasteiger partial charge >= 0.3 is 5.97 Å². The first-order valence-electron chi connectivity index (χ1n) is 6.76. The van der Waals surface area contributed by atoms with Crippen LogP contribution >= 0.6 is 0 Å². The fraction of sp³-hybridized carbons (Fsp3) is 0.800. The van der Waals surface area contributed by atoms with Crippen LogP contribution in [0.3, 0.4) is 0 Å². The second-order valence-electron chi connectivity index (χ2n) is 6.32. The minimum Gasteiger partial charge on any atom is -0.458 e. The van der Waals surface area contributed by atoms with Crippen molar-refractivity contribution in [3.63, 3.8) is 0 Å². The van der Waals surface area contributed by atoms with Gasteiger partial charge in [0.1, 0.15) is 6.10 Å². The van der Waals surface area contributed by atoms with Gasteiger partial charge in [0.25, 0.3) is 0 Å². The number of piperidine rings is 1. The van der Waals surface area contributed by atoms with E-state index in [1.54, 1.807) is 6.92 Å². The normalized spacial score (nSPS) is 26.7. The molecule has 0 spiro atoms. The second kappa shape index (κ2) is 5.04. The van der Waals surface area contributed by atoms with Gasteiger partial charge in [-0.05, 0) is 33.7 Å². The largest absolute Gasteiger partial charge is 0.458 e. The molecule has 3 heteroatoms. The molecule has 0 aromatic heterocycles. The highest BCUT2D eigenvalue weighted by atomic mass is 16.5. The Bertz CT molecular complexity index is 344. The fourth-order valence-electron chi connectivity index (χ4n) is 2.70. The molecule has 1 saturated heterocycles. The van der Waals surface area contributed by atoms with E-state index in [1.165, 1.54) is 0 Å². The van der Waals surface area contributed by atoms with Crippen molar-refractivity contribution in [3.8, 4) is 0 Å². The second-order valence-corrected chi connectivity index (χ2v) is 6.32. The van der Waals surface area contributed by atoms with Crippen LogP contribution in [0, 0.1) is 5.41 Å². The van der Waals surface area contributed by atoms with Gasteiger partial charge in [-0.25, -0.2) is 4.79 Å². The van der Waals surface area contributed by atoms with Crippen molar-refractivity contribution in [2.75, 3.05) is 13.1 Å². The van der Waals surface area contributed by atoms with Gasteiger partial charge in [0, 0.05) is 23.1 Å². The number of ether oxygens (including phenoxy) is 1. The molecule has 18 heavy (non-hydrogen) atoms. The van der Waals surface area contributed by atoms with Crippen LogP contribution in [0.15, 0.2) is 12.2 Å². The van der Waals surface area contributed by atoms with E-state index in [9.17, 15) is 4.79 Å². The molecule has 0 saturated carbocycles. The van der Waals surface area contributed by atoms with E-state index in [0.29, 0.717) is 5.57 Å². The molecule has 1 heterocycles. The lowest BCUT2D eigenvalue weighted by molar-refractivity contribution is -0.168. The Kier molecular flexibility index (Phi) is 4.26. The Morgan fingerprint density at radius 1 is 1.39 bits per heavy atom. The summed E-state index contributed by atoms with van der Waals surface area (Å²) in [4.78, 5) is 14.2. The van der Waals surface area contributed by atoms with Crippen LogP contribution in [0.25, 0.3) is 0 Å². The van der Waals surface area contributed by atoms with Gasteiger partial charge < -0.3 is 4.74 Å². The Morgan fingerprint density at radius 3 is 2.39 bits per heavy atom. The summed E-state index contributed by atoms with van der Waals surface area (Å²) in [7, 11) is 0. The van der Waals surface area contributed by atoms with Gasteiger partial charge in [-0.1, -0.05) is 27.4 Å². The molecule has 1 aliphatic rings. The fourth-order valence-corrected chi connectivity index (χ4v) is 2.70. The first-order valence-corrected chi connectivity index (χ1v) is 6.76. The van der Waals surface area contributed by atoms with E-state index in [-0.39, 0.29) is 23.0 Å². The molecule has 0 radical (unpaired) electrons. The van der Waals surface area contributed by atoms with Gasteiger partial charge in [-0.3, -0.25) is 4.90 Å². The van der Waals surface area contributed by atoms with E-state index in [1.807, 2.05) is 0 Å². The topological polar surface area (TPSA) is 29.5 Å². The van der Waals surface area contributed by atoms with Gasteiger partial charge in [0.05, 0.1) is 0 Å². The zero-order chi connectivity index (χ0) is 14.1. The predicted octanol–water partition coefficient (Wildman–Crippen LogP) is 3.00. The minimum atomic E-state index is -0.270. The summed E-state index contributed by atoms with van der Waals surface area (Å²) in [6, 6.07) is 0. The van der Waals surface area contributed by atoms with Crippen LogP contribution in [-0.2, 0) is 9.53 Å². The van der Waals surface area contributed by atoms with Crippen LogP contribution in [0.4, 0.5) is 0 Å². The number of rotatable bonds is 3. The van der Waals surface area contributed by atoms with Gasteiger partial charge in [-0.15, -0.1) is 0 Å². The van der Waals surface area contributed by atoms with Crippen LogP contribution in [0.1, 0.15) is 48.0 Å². The molecule has 1 atom stereocenters. The quantitative estimate of drug-likeness (QED) is 0.572. The predicted molar refractivity (Wildman–Crippen MR) is 74.4 cm³/mol. The zero-order valence-corrected chi connectivity index (χ0v) is 12.7. The Balaban J connectivity index is 2.91. The molecular weight excluding hydrogens is 226 g/mol. The molecule has 0 bridgehead atoms. The Labute approximate surface area is 111 Å². The summed E-state index contributed by atoms with van der Waals surface area (Å²) in [5.74, 6) is -0.270. The third-order valence-corrected chi connectivity index (χ3v) is 4.81. The van der Waals surface area contributed by atoms with Crippen LogP contribution in [0.5, 0.6) is 0 Å². The standard InChI is InChI=1S/C15H27NO2/c1-8-16-10-9-12(18-13(17)11(2)3)14(4,5)15(16,6)7/h12H,2,8-10H2,1,3-7H3. The van der Waals surface area contributed by atoms with Crippen molar-refractivity contribution in [1.82, 2.24) is 4.90 Å². The summed E-state index contributed by atoms with van der Waals surface area (Å²) >= 11 is 0. The van der Waals surface area contributed by atoms with E-state index >= 15 is 0 Å². The number of esters is 1. The molecule has 1 aliphatic heterocycles. The molecule has 0 aromatic carbocycles. The van der Waals surface area contributed by atoms with Crippen molar-refractivity contribution in [2.24, 2.45) is 5.41 Å². The summed E-state index contributed by atoms with van der Waals surface area (Å²) in [5.41, 5.74) is 0.411. The van der Waals surface area contributed by atoms with E-state index in [0.717, 1.165) is 19.5 Å². The maximum absolute atomic E-state index is 11.7. The highest BCUT2D eigenvalue weighted by Crippen LogP contribution is 2.44. The van der Waals surface area contributed by atoms with E-state index in [4.69, 9.17) is 4.74 Å².